The van der Waals surface area contributed by atoms with Gasteiger partial charge in [0, 0.05) is 12.6 Å². The molecule has 0 fully saturated rings. The van der Waals surface area contributed by atoms with Crippen LogP contribution in [0.15, 0.2) is 47.5 Å². The Labute approximate surface area is 134 Å². The zero-order valence-electron chi connectivity index (χ0n) is 12.4. The van der Waals surface area contributed by atoms with E-state index in [4.69, 9.17) is 9.84 Å². The van der Waals surface area contributed by atoms with Crippen LogP contribution in [0.1, 0.15) is 22.8 Å². The molecule has 0 radical (unpaired) electrons. The molecule has 0 bridgehead atoms. The van der Waals surface area contributed by atoms with E-state index in [0.717, 1.165) is 0 Å². The number of sulfonamides is 1. The first kappa shape index (κ1) is 16.9. The van der Waals surface area contributed by atoms with E-state index in [1.54, 1.807) is 19.1 Å². The van der Waals surface area contributed by atoms with Crippen LogP contribution >= 0.6 is 0 Å². The maximum atomic E-state index is 12.2. The Hall–Kier alpha value is -2.45. The van der Waals surface area contributed by atoms with Gasteiger partial charge in [-0.25, -0.2) is 22.9 Å². The zero-order chi connectivity index (χ0) is 16.9. The summed E-state index contributed by atoms with van der Waals surface area (Å²) in [5, 5.41) is 8.93. The number of pyridine rings is 1. The Morgan fingerprint density at radius 2 is 2.09 bits per heavy atom. The summed E-state index contributed by atoms with van der Waals surface area (Å²) in [6.07, 6.45) is 1.21. The smallest absolute Gasteiger partial charge is 0.335 e. The van der Waals surface area contributed by atoms with Crippen molar-refractivity contribution in [1.82, 2.24) is 9.71 Å². The number of aromatic carboxylic acids is 1. The molecule has 23 heavy (non-hydrogen) atoms. The first-order valence-electron chi connectivity index (χ1n) is 6.83. The van der Waals surface area contributed by atoms with E-state index in [-0.39, 0.29) is 17.0 Å². The number of nitrogens with one attached hydrogen (secondary N) is 1. The van der Waals surface area contributed by atoms with Crippen LogP contribution in [-0.2, 0) is 16.6 Å². The highest BCUT2D eigenvalue weighted by molar-refractivity contribution is 7.89. The molecule has 0 unspecified atom stereocenters. The maximum Gasteiger partial charge on any atom is 0.335 e. The highest BCUT2D eigenvalue weighted by atomic mass is 32.2. The lowest BCUT2D eigenvalue weighted by molar-refractivity contribution is 0.0696. The van der Waals surface area contributed by atoms with Crippen LogP contribution in [0.2, 0.25) is 0 Å². The van der Waals surface area contributed by atoms with Crippen molar-refractivity contribution in [2.75, 3.05) is 6.61 Å². The van der Waals surface area contributed by atoms with Crippen molar-refractivity contribution < 1.29 is 23.1 Å². The van der Waals surface area contributed by atoms with Crippen molar-refractivity contribution in [1.29, 1.82) is 0 Å². The quantitative estimate of drug-likeness (QED) is 0.796. The lowest BCUT2D eigenvalue weighted by Gasteiger charge is -2.08. The van der Waals surface area contributed by atoms with E-state index in [2.05, 4.69) is 9.71 Å². The molecule has 0 aliphatic rings. The van der Waals surface area contributed by atoms with Gasteiger partial charge in [-0.15, -0.1) is 0 Å². The minimum Gasteiger partial charge on any atom is -0.478 e. The fraction of sp³-hybridized carbons (Fsp3) is 0.200. The second kappa shape index (κ2) is 7.21. The predicted octanol–water partition coefficient (Wildman–Crippen LogP) is 1.66. The van der Waals surface area contributed by atoms with Crippen molar-refractivity contribution >= 4 is 16.0 Å². The molecule has 2 aromatic rings. The lowest BCUT2D eigenvalue weighted by Crippen LogP contribution is -2.23. The molecule has 2 N–H and O–H groups in total. The van der Waals surface area contributed by atoms with Crippen LogP contribution in [0, 0.1) is 0 Å². The van der Waals surface area contributed by atoms with E-state index in [9.17, 15) is 13.2 Å². The van der Waals surface area contributed by atoms with Gasteiger partial charge in [-0.3, -0.25) is 0 Å². The van der Waals surface area contributed by atoms with E-state index in [1.807, 2.05) is 0 Å². The lowest BCUT2D eigenvalue weighted by atomic mass is 10.1. The Morgan fingerprint density at radius 3 is 2.70 bits per heavy atom. The van der Waals surface area contributed by atoms with Gasteiger partial charge in [0.1, 0.15) is 4.90 Å². The summed E-state index contributed by atoms with van der Waals surface area (Å²) in [4.78, 5) is 14.8. The number of hydrogen-bond donors (Lipinski definition) is 2. The van der Waals surface area contributed by atoms with Gasteiger partial charge in [0.15, 0.2) is 0 Å². The van der Waals surface area contributed by atoms with E-state index < -0.39 is 16.0 Å². The molecule has 0 aliphatic carbocycles. The molecular formula is C15H16N2O5S. The van der Waals surface area contributed by atoms with Gasteiger partial charge in [-0.2, -0.15) is 0 Å². The molecule has 2 rings (SSSR count). The SMILES string of the molecule is CCOc1ccc(S(=O)(=O)NCc2cccc(C(=O)O)c2)cn1. The summed E-state index contributed by atoms with van der Waals surface area (Å²) < 4.78 is 31.9. The molecule has 122 valence electrons. The Balaban J connectivity index is 2.09. The average molecular weight is 336 g/mol. The van der Waals surface area contributed by atoms with Crippen molar-refractivity contribution in [2.45, 2.75) is 18.4 Å². The minimum atomic E-state index is -3.74. The zero-order valence-corrected chi connectivity index (χ0v) is 13.2. The van der Waals surface area contributed by atoms with Crippen LogP contribution in [0.5, 0.6) is 5.88 Å². The number of rotatable bonds is 7. The number of carboxylic acids is 1. The Kier molecular flexibility index (Phi) is 5.30. The second-order valence-corrected chi connectivity index (χ2v) is 6.36. The van der Waals surface area contributed by atoms with Crippen LogP contribution in [0.4, 0.5) is 0 Å². The first-order chi connectivity index (χ1) is 10.9. The highest BCUT2D eigenvalue weighted by Gasteiger charge is 2.15. The van der Waals surface area contributed by atoms with Crippen LogP contribution in [0.25, 0.3) is 0 Å². The van der Waals surface area contributed by atoms with E-state index in [1.165, 1.54) is 30.5 Å². The normalized spacial score (nSPS) is 11.2. The van der Waals surface area contributed by atoms with Crippen molar-refractivity contribution in [3.05, 3.63) is 53.7 Å². The molecule has 8 heteroatoms. The van der Waals surface area contributed by atoms with Crippen molar-refractivity contribution in [2.24, 2.45) is 0 Å². The molecule has 0 saturated heterocycles. The summed E-state index contributed by atoms with van der Waals surface area (Å²) >= 11 is 0. The van der Waals surface area contributed by atoms with E-state index >= 15 is 0 Å². The third-order valence-electron chi connectivity index (χ3n) is 2.95. The maximum absolute atomic E-state index is 12.2. The fourth-order valence-corrected chi connectivity index (χ4v) is 2.80. The third-order valence-corrected chi connectivity index (χ3v) is 4.34. The monoisotopic (exact) mass is 336 g/mol. The summed E-state index contributed by atoms with van der Waals surface area (Å²) in [5.41, 5.74) is 0.650. The van der Waals surface area contributed by atoms with Crippen LogP contribution < -0.4 is 9.46 Å². The van der Waals surface area contributed by atoms with Gasteiger partial charge < -0.3 is 9.84 Å². The van der Waals surface area contributed by atoms with Crippen molar-refractivity contribution in [3.8, 4) is 5.88 Å². The summed E-state index contributed by atoms with van der Waals surface area (Å²) in [6.45, 7) is 2.23. The Morgan fingerprint density at radius 1 is 1.30 bits per heavy atom. The fourth-order valence-electron chi connectivity index (χ4n) is 1.83. The van der Waals surface area contributed by atoms with Gasteiger partial charge in [0.05, 0.1) is 18.4 Å². The van der Waals surface area contributed by atoms with Gasteiger partial charge >= 0.3 is 5.97 Å². The molecule has 7 nitrogen and oxygen atoms in total. The topological polar surface area (TPSA) is 106 Å². The van der Waals surface area contributed by atoms with Crippen molar-refractivity contribution in [3.63, 3.8) is 0 Å². The largest absolute Gasteiger partial charge is 0.478 e. The van der Waals surface area contributed by atoms with Gasteiger partial charge in [-0.1, -0.05) is 12.1 Å². The van der Waals surface area contributed by atoms with Gasteiger partial charge in [-0.05, 0) is 30.7 Å². The minimum absolute atomic E-state index is 0.00958. The third kappa shape index (κ3) is 4.51. The highest BCUT2D eigenvalue weighted by Crippen LogP contribution is 2.13. The average Bonchev–Trinajstić information content (AvgIpc) is 2.54. The molecule has 0 amide bonds. The Bertz CT molecular complexity index is 788. The molecule has 1 aromatic heterocycles. The molecule has 1 heterocycles. The number of benzene rings is 1. The van der Waals surface area contributed by atoms with Crippen LogP contribution in [-0.4, -0.2) is 31.1 Å². The predicted molar refractivity (Wildman–Crippen MR) is 82.8 cm³/mol. The molecule has 0 atom stereocenters. The molecule has 0 aliphatic heterocycles. The summed E-state index contributed by atoms with van der Waals surface area (Å²) in [6, 6.07) is 8.94. The number of carboxylic acid groups (broad SMARTS) is 1. The number of aromatic nitrogens is 1. The van der Waals surface area contributed by atoms with E-state index in [0.29, 0.717) is 18.1 Å². The number of nitrogens with zero attached hydrogens (tertiary/aromatic N) is 1. The molecule has 1 aromatic carbocycles. The van der Waals surface area contributed by atoms with Crippen LogP contribution in [0.3, 0.4) is 0 Å². The van der Waals surface area contributed by atoms with Gasteiger partial charge in [0.2, 0.25) is 15.9 Å². The summed E-state index contributed by atoms with van der Waals surface area (Å²) in [7, 11) is -3.74. The number of ether oxygens (including phenoxy) is 1. The second-order valence-electron chi connectivity index (χ2n) is 4.60. The summed E-state index contributed by atoms with van der Waals surface area (Å²) in [5.74, 6) is -0.717. The molecular weight excluding hydrogens is 320 g/mol. The van der Waals surface area contributed by atoms with Gasteiger partial charge in [0.25, 0.3) is 0 Å². The standard InChI is InChI=1S/C15H16N2O5S/c1-2-22-14-7-6-13(10-16-14)23(20,21)17-9-11-4-3-5-12(8-11)15(18)19/h3-8,10,17H,2,9H2,1H3,(H,18,19). The first-order valence-corrected chi connectivity index (χ1v) is 8.31. The number of hydrogen-bond acceptors (Lipinski definition) is 5. The molecule has 0 saturated carbocycles. The molecule has 0 spiro atoms. The number of carbonyl (C=O) groups is 1.